The highest BCUT2D eigenvalue weighted by Gasteiger charge is 2.93. The Morgan fingerprint density at radius 2 is 0.571 bits per heavy atom. The molecule has 0 unspecified atom stereocenters. The molecule has 42 heteroatoms. The van der Waals surface area contributed by atoms with Crippen molar-refractivity contribution in [3.63, 3.8) is 0 Å². The predicted molar refractivity (Wildman–Crippen MR) is 177 cm³/mol. The van der Waals surface area contributed by atoms with Crippen LogP contribution in [0.3, 0.4) is 0 Å². The minimum absolute atomic E-state index is 0.111. The van der Waals surface area contributed by atoms with Gasteiger partial charge in [-0.1, -0.05) is 29.5 Å². The molecule has 77 heavy (non-hydrogen) atoms. The number of rotatable bonds is 24. The predicted octanol–water partition coefficient (Wildman–Crippen LogP) is 15.4. The maximum absolute atomic E-state index is 15.3. The summed E-state index contributed by atoms with van der Waals surface area (Å²) in [5.74, 6) is -128. The molecule has 0 fully saturated rings. The zero-order valence-corrected chi connectivity index (χ0v) is 37.1. The molecule has 0 aliphatic carbocycles. The van der Waals surface area contributed by atoms with Crippen LogP contribution in [0.2, 0.25) is 18.1 Å². The van der Waals surface area contributed by atoms with Gasteiger partial charge in [0.2, 0.25) is 6.33 Å². The third-order valence-corrected chi connectivity index (χ3v) is 16.7. The largest absolute Gasteiger partial charge is 0.460 e. The van der Waals surface area contributed by atoms with E-state index in [1.165, 1.54) is 17.8 Å². The van der Waals surface area contributed by atoms with Gasteiger partial charge in [0.25, 0.3) is 0 Å². The lowest BCUT2D eigenvalue weighted by Gasteiger charge is -2.43. The Labute approximate surface area is 401 Å². The second kappa shape index (κ2) is 19.6. The fraction of sp³-hybridized carbons (Fsp3) is 0.743. The van der Waals surface area contributed by atoms with Crippen LogP contribution in [0.1, 0.15) is 24.8 Å². The minimum Gasteiger partial charge on any atom is -0.240 e. The first-order valence-corrected chi connectivity index (χ1v) is 21.9. The van der Waals surface area contributed by atoms with Crippen LogP contribution in [-0.4, -0.2) is 120 Å². The van der Waals surface area contributed by atoms with Gasteiger partial charge in [-0.2, -0.15) is 171 Å². The molecule has 2 rings (SSSR count). The molecular formula is C35H24F39N2Si+. The molecule has 450 valence electrons. The van der Waals surface area contributed by atoms with Gasteiger partial charge in [-0.3, -0.25) is 0 Å². The van der Waals surface area contributed by atoms with Crippen molar-refractivity contribution in [1.29, 1.82) is 0 Å². The Kier molecular flexibility index (Phi) is 17.6. The molecule has 0 radical (unpaired) electrons. The van der Waals surface area contributed by atoms with Crippen molar-refractivity contribution in [2.24, 2.45) is 7.05 Å². The van der Waals surface area contributed by atoms with Gasteiger partial charge in [0, 0.05) is 19.3 Å². The fourth-order valence-electron chi connectivity index (χ4n) is 6.64. The summed E-state index contributed by atoms with van der Waals surface area (Å²) in [7, 11) is -5.84. The third kappa shape index (κ3) is 10.7. The topological polar surface area (TPSA) is 8.81 Å². The fourth-order valence-corrected chi connectivity index (χ4v) is 11.5. The summed E-state index contributed by atoms with van der Waals surface area (Å²) in [4.78, 5) is 0. The SMILES string of the molecule is C[n+]1ccn(Cc2ccc([Si](CCC(F)(F)C(F)(F)C(F)(F)C(F)(F)C(F)(F)C(F)(F)F)(CCC(F)(F)C(F)(F)C(F)(F)C(F)(F)C(F)(F)C(F)(F)F)CCC(F)(F)C(F)(F)C(F)(F)C(F)(F)C(F)(F)C(F)(F)F)cc2)c1. The van der Waals surface area contributed by atoms with E-state index in [2.05, 4.69) is 0 Å². The standard InChI is InChI=1S/C35H24F39N2Si/c1-75-9-10-76(15-75)14-16-2-4-17(5-3-16)77(11-6-18(36,37)21(42,43)24(48,49)27(54,55)30(60,61)33(66,67)68,12-7-19(38,39)22(44,45)25(50,51)28(56,57)31(62,63)34(69,70)71)13-8-20(40,41)23(46,47)26(52,53)29(58,59)32(64,65)35(72,73)74/h2-5,9-10,15H,6-8,11-14H2,1H3/q+1. The summed E-state index contributed by atoms with van der Waals surface area (Å²) in [6.45, 7) is -0.655. The van der Waals surface area contributed by atoms with Crippen LogP contribution in [0.5, 0.6) is 0 Å². The molecule has 0 amide bonds. The molecule has 0 aliphatic heterocycles. The lowest BCUT2D eigenvalue weighted by atomic mass is 9.93. The second-order valence-electron chi connectivity index (χ2n) is 16.7. The van der Waals surface area contributed by atoms with E-state index in [4.69, 9.17) is 0 Å². The van der Waals surface area contributed by atoms with Crippen LogP contribution in [-0.2, 0) is 13.6 Å². The monoisotopic (exact) mass is 1240 g/mol. The number of hydrogen-bond acceptors (Lipinski definition) is 0. The molecular weight excluding hydrogens is 1220 g/mol. The molecule has 0 atom stereocenters. The Hall–Kier alpha value is -4.08. The van der Waals surface area contributed by atoms with Crippen molar-refractivity contribution in [3.05, 3.63) is 48.5 Å². The first-order chi connectivity index (χ1) is 33.3. The Morgan fingerprint density at radius 3 is 0.779 bits per heavy atom. The van der Waals surface area contributed by atoms with Crippen molar-refractivity contribution in [2.75, 3.05) is 0 Å². The van der Waals surface area contributed by atoms with Crippen LogP contribution in [0, 0.1) is 0 Å². The molecule has 1 heterocycles. The lowest BCUT2D eigenvalue weighted by Crippen LogP contribution is -2.70. The normalized spacial score (nSPS) is 16.2. The van der Waals surface area contributed by atoms with Gasteiger partial charge in [0.1, 0.15) is 18.9 Å². The number of aromatic nitrogens is 2. The van der Waals surface area contributed by atoms with Crippen molar-refractivity contribution in [2.45, 2.75) is 151 Å². The zero-order valence-electron chi connectivity index (χ0n) is 36.1. The van der Waals surface area contributed by atoms with Gasteiger partial charge in [-0.15, -0.1) is 0 Å². The van der Waals surface area contributed by atoms with Crippen molar-refractivity contribution >= 4 is 13.3 Å². The van der Waals surface area contributed by atoms with Crippen LogP contribution < -0.4 is 9.75 Å². The van der Waals surface area contributed by atoms with Gasteiger partial charge in [-0.05, 0) is 23.7 Å². The average molecular weight is 1240 g/mol. The number of benzene rings is 1. The number of imidazole rings is 1. The molecule has 2 nitrogen and oxygen atoms in total. The maximum atomic E-state index is 15.3. The number of nitrogens with zero attached hydrogens (tertiary/aromatic N) is 2. The molecule has 1 aromatic carbocycles. The summed E-state index contributed by atoms with van der Waals surface area (Å²) in [5.41, 5.74) is -0.453. The lowest BCUT2D eigenvalue weighted by molar-refractivity contribution is -0.671. The van der Waals surface area contributed by atoms with Crippen molar-refractivity contribution < 1.29 is 176 Å². The van der Waals surface area contributed by atoms with Gasteiger partial charge in [0.05, 0.1) is 15.1 Å². The summed E-state index contributed by atoms with van der Waals surface area (Å²) in [5, 5.41) is -1.86. The Bertz CT molecular complexity index is 2140. The maximum Gasteiger partial charge on any atom is 0.460 e. The summed E-state index contributed by atoms with van der Waals surface area (Å²) < 4.78 is 548. The van der Waals surface area contributed by atoms with E-state index in [0.717, 1.165) is 17.1 Å². The smallest absolute Gasteiger partial charge is 0.240 e. The molecule has 2 aromatic rings. The van der Waals surface area contributed by atoms with Gasteiger partial charge < -0.3 is 0 Å². The van der Waals surface area contributed by atoms with E-state index < -0.39 is 170 Å². The van der Waals surface area contributed by atoms with Crippen LogP contribution >= 0.6 is 0 Å². The van der Waals surface area contributed by atoms with Crippen LogP contribution in [0.15, 0.2) is 43.0 Å². The number of aryl methyl sites for hydroxylation is 1. The van der Waals surface area contributed by atoms with E-state index in [1.54, 1.807) is 0 Å². The summed E-state index contributed by atoms with van der Waals surface area (Å²) in [6, 6.07) is -9.51. The first-order valence-electron chi connectivity index (χ1n) is 19.3. The highest BCUT2D eigenvalue weighted by Crippen LogP contribution is 2.65. The molecule has 0 bridgehead atoms. The molecule has 0 spiro atoms. The summed E-state index contributed by atoms with van der Waals surface area (Å²) >= 11 is 0. The average Bonchev–Trinajstić information content (AvgIpc) is 3.65. The Morgan fingerprint density at radius 1 is 0.338 bits per heavy atom. The molecule has 0 saturated carbocycles. The van der Waals surface area contributed by atoms with Crippen molar-refractivity contribution in [1.82, 2.24) is 4.57 Å². The van der Waals surface area contributed by atoms with Gasteiger partial charge >= 0.3 is 107 Å². The zero-order chi connectivity index (χ0) is 61.7. The van der Waals surface area contributed by atoms with E-state index in [1.807, 2.05) is 0 Å². The van der Waals surface area contributed by atoms with Gasteiger partial charge in [-0.25, -0.2) is 9.13 Å². The summed E-state index contributed by atoms with van der Waals surface area (Å²) in [6.07, 6.45) is -33.3. The molecule has 1 aromatic heterocycles. The minimum atomic E-state index is -8.89. The van der Waals surface area contributed by atoms with E-state index in [9.17, 15) is 145 Å². The second-order valence-corrected chi connectivity index (χ2v) is 21.4. The van der Waals surface area contributed by atoms with Crippen LogP contribution in [0.25, 0.3) is 0 Å². The highest BCUT2D eigenvalue weighted by atomic mass is 28.3. The number of alkyl halides is 39. The molecule has 0 saturated heterocycles. The molecule has 0 N–H and O–H groups in total. The number of halogens is 39. The van der Waals surface area contributed by atoms with E-state index >= 15 is 26.3 Å². The third-order valence-electron chi connectivity index (χ3n) is 11.5. The Balaban J connectivity index is 3.18. The van der Waals surface area contributed by atoms with Gasteiger partial charge in [0.15, 0.2) is 0 Å². The number of hydrogen-bond donors (Lipinski definition) is 0. The first kappa shape index (κ1) is 69.0. The highest BCUT2D eigenvalue weighted by molar-refractivity contribution is 6.92. The van der Waals surface area contributed by atoms with E-state index in [0.29, 0.717) is 12.1 Å². The van der Waals surface area contributed by atoms with E-state index in [-0.39, 0.29) is 12.1 Å². The molecule has 0 aliphatic rings. The van der Waals surface area contributed by atoms with Crippen LogP contribution in [0.4, 0.5) is 171 Å². The quantitative estimate of drug-likeness (QED) is 0.0563. The van der Waals surface area contributed by atoms with Crippen molar-refractivity contribution in [3.8, 4) is 0 Å².